The number of imide groups is 1. The lowest BCUT2D eigenvalue weighted by Gasteiger charge is -2.36. The predicted octanol–water partition coefficient (Wildman–Crippen LogP) is 2.82. The van der Waals surface area contributed by atoms with E-state index >= 15 is 0 Å². The van der Waals surface area contributed by atoms with Crippen LogP contribution in [0, 0.1) is 11.8 Å². The molecule has 0 aliphatic carbocycles. The summed E-state index contributed by atoms with van der Waals surface area (Å²) in [5, 5.41) is 2.46. The Bertz CT molecular complexity index is 677. The molecule has 2 aliphatic rings. The molecule has 2 heterocycles. The molecule has 2 saturated heterocycles. The lowest BCUT2D eigenvalue weighted by atomic mass is 9.76. The Hall–Kier alpha value is -1.41. The van der Waals surface area contributed by atoms with Crippen LogP contribution >= 0.6 is 15.9 Å². The van der Waals surface area contributed by atoms with Gasteiger partial charge < -0.3 is 0 Å². The van der Waals surface area contributed by atoms with E-state index in [9.17, 15) is 22.8 Å². The fourth-order valence-corrected chi connectivity index (χ4v) is 4.01. The molecule has 8 heteroatoms. The van der Waals surface area contributed by atoms with E-state index in [0.717, 1.165) is 4.90 Å². The molecule has 0 unspecified atom stereocenters. The zero-order chi connectivity index (χ0) is 17.7. The smallest absolute Gasteiger partial charge is 0.298 e. The highest BCUT2D eigenvalue weighted by Crippen LogP contribution is 2.53. The van der Waals surface area contributed by atoms with Crippen LogP contribution in [0.15, 0.2) is 28.7 Å². The minimum absolute atomic E-state index is 0.0507. The number of halogens is 4. The normalized spacial score (nSPS) is 30.1. The van der Waals surface area contributed by atoms with Gasteiger partial charge >= 0.3 is 6.18 Å². The SMILES string of the molecule is CCCN1C(=O)[C@@H]2[C@@H](CN[C@]2(c2ccc(Br)cc2)C(F)(F)F)C1=O. The quantitative estimate of drug-likeness (QED) is 0.788. The number of nitrogens with one attached hydrogen (secondary N) is 1. The zero-order valence-electron chi connectivity index (χ0n) is 12.9. The molecule has 2 amide bonds. The Balaban J connectivity index is 2.13. The monoisotopic (exact) mass is 404 g/mol. The Morgan fingerprint density at radius 1 is 1.25 bits per heavy atom. The molecule has 2 fully saturated rings. The number of hydrogen-bond acceptors (Lipinski definition) is 3. The number of carbonyl (C=O) groups excluding carboxylic acids is 2. The average molecular weight is 405 g/mol. The van der Waals surface area contributed by atoms with E-state index in [4.69, 9.17) is 0 Å². The summed E-state index contributed by atoms with van der Waals surface area (Å²) >= 11 is 3.20. The molecule has 1 aromatic rings. The Labute approximate surface area is 145 Å². The third-order valence-electron chi connectivity index (χ3n) is 4.78. The van der Waals surface area contributed by atoms with Crippen LogP contribution in [0.3, 0.4) is 0 Å². The molecule has 24 heavy (non-hydrogen) atoms. The lowest BCUT2D eigenvalue weighted by molar-refractivity contribution is -0.210. The summed E-state index contributed by atoms with van der Waals surface area (Å²) < 4.78 is 42.9. The highest BCUT2D eigenvalue weighted by atomic mass is 79.9. The first-order valence-electron chi connectivity index (χ1n) is 7.67. The molecule has 0 spiro atoms. The molecule has 130 valence electrons. The molecule has 4 nitrogen and oxygen atoms in total. The Morgan fingerprint density at radius 2 is 1.88 bits per heavy atom. The minimum Gasteiger partial charge on any atom is -0.298 e. The Kier molecular flexibility index (Phi) is 4.24. The Morgan fingerprint density at radius 3 is 2.42 bits per heavy atom. The maximum atomic E-state index is 14.1. The third-order valence-corrected chi connectivity index (χ3v) is 5.31. The number of nitrogens with zero attached hydrogens (tertiary/aromatic N) is 1. The first-order valence-corrected chi connectivity index (χ1v) is 8.46. The van der Waals surface area contributed by atoms with Crippen molar-refractivity contribution in [3.05, 3.63) is 34.3 Å². The van der Waals surface area contributed by atoms with E-state index in [2.05, 4.69) is 21.2 Å². The highest BCUT2D eigenvalue weighted by molar-refractivity contribution is 9.10. The van der Waals surface area contributed by atoms with Crippen molar-refractivity contribution in [2.45, 2.75) is 25.1 Å². The summed E-state index contributed by atoms with van der Waals surface area (Å²) in [5.74, 6) is -3.69. The number of amides is 2. The second kappa shape index (κ2) is 5.84. The number of hydrogen-bond donors (Lipinski definition) is 1. The van der Waals surface area contributed by atoms with Gasteiger partial charge in [-0.25, -0.2) is 0 Å². The molecule has 3 rings (SSSR count). The van der Waals surface area contributed by atoms with Crippen molar-refractivity contribution in [1.29, 1.82) is 0 Å². The molecule has 0 bridgehead atoms. The summed E-state index contributed by atoms with van der Waals surface area (Å²) in [6.45, 7) is 1.77. The van der Waals surface area contributed by atoms with E-state index in [-0.39, 0.29) is 18.7 Å². The van der Waals surface area contributed by atoms with Crippen LogP contribution in [0.25, 0.3) is 0 Å². The third kappa shape index (κ3) is 2.30. The van der Waals surface area contributed by atoms with Gasteiger partial charge in [0.05, 0.1) is 11.8 Å². The van der Waals surface area contributed by atoms with Crippen LogP contribution in [0.5, 0.6) is 0 Å². The molecule has 0 saturated carbocycles. The van der Waals surface area contributed by atoms with Crippen LogP contribution in [-0.2, 0) is 15.1 Å². The lowest BCUT2D eigenvalue weighted by Crippen LogP contribution is -2.56. The van der Waals surface area contributed by atoms with Crippen LogP contribution in [0.4, 0.5) is 13.2 Å². The highest BCUT2D eigenvalue weighted by Gasteiger charge is 2.71. The molecule has 3 atom stereocenters. The first-order chi connectivity index (χ1) is 11.2. The van der Waals surface area contributed by atoms with Gasteiger partial charge in [0.2, 0.25) is 11.8 Å². The standard InChI is InChI=1S/C16H16BrF3N2O2/c1-2-7-22-13(23)11-8-21-15(16(18,19)20,12(11)14(22)24)9-3-5-10(17)6-4-9/h3-6,11-12,21H,2,7-8H2,1H3/t11-,12+,15+/m1/s1. The number of likely N-dealkylation sites (tertiary alicyclic amines) is 1. The summed E-state index contributed by atoms with van der Waals surface area (Å²) in [6.07, 6.45) is -4.19. The van der Waals surface area contributed by atoms with Gasteiger partial charge in [0.1, 0.15) is 0 Å². The van der Waals surface area contributed by atoms with Gasteiger partial charge in [0, 0.05) is 17.6 Å². The maximum Gasteiger partial charge on any atom is 0.411 e. The largest absolute Gasteiger partial charge is 0.411 e. The van der Waals surface area contributed by atoms with Crippen molar-refractivity contribution in [2.24, 2.45) is 11.8 Å². The van der Waals surface area contributed by atoms with Gasteiger partial charge in [0.15, 0.2) is 5.54 Å². The summed E-state index contributed by atoms with van der Waals surface area (Å²) in [6, 6.07) is 5.69. The van der Waals surface area contributed by atoms with Crippen LogP contribution in [-0.4, -0.2) is 36.0 Å². The van der Waals surface area contributed by atoms with Gasteiger partial charge in [-0.15, -0.1) is 0 Å². The van der Waals surface area contributed by atoms with Crippen LogP contribution in [0.1, 0.15) is 18.9 Å². The molecule has 0 aromatic heterocycles. The average Bonchev–Trinajstić information content (AvgIpc) is 3.02. The summed E-state index contributed by atoms with van der Waals surface area (Å²) in [4.78, 5) is 26.0. The molecule has 1 N–H and O–H groups in total. The number of carbonyl (C=O) groups is 2. The van der Waals surface area contributed by atoms with Crippen LogP contribution in [0.2, 0.25) is 0 Å². The number of fused-ring (bicyclic) bond motifs is 1. The second-order valence-corrected chi connectivity index (χ2v) is 7.02. The predicted molar refractivity (Wildman–Crippen MR) is 83.9 cm³/mol. The van der Waals surface area contributed by atoms with Crippen molar-refractivity contribution in [3.8, 4) is 0 Å². The molecule has 0 radical (unpaired) electrons. The van der Waals surface area contributed by atoms with Crippen molar-refractivity contribution < 1.29 is 22.8 Å². The van der Waals surface area contributed by atoms with Crippen LogP contribution < -0.4 is 5.32 Å². The van der Waals surface area contributed by atoms with E-state index in [1.165, 1.54) is 24.3 Å². The second-order valence-electron chi connectivity index (χ2n) is 6.11. The van der Waals surface area contributed by atoms with Gasteiger partial charge in [-0.1, -0.05) is 35.0 Å². The van der Waals surface area contributed by atoms with Gasteiger partial charge in [-0.3, -0.25) is 19.8 Å². The van der Waals surface area contributed by atoms with E-state index in [1.807, 2.05) is 0 Å². The van der Waals surface area contributed by atoms with Gasteiger partial charge in [-0.2, -0.15) is 13.2 Å². The molecule has 2 aliphatic heterocycles. The van der Waals surface area contributed by atoms with E-state index in [1.54, 1.807) is 6.92 Å². The summed E-state index contributed by atoms with van der Waals surface area (Å²) in [7, 11) is 0. The molecule has 1 aromatic carbocycles. The van der Waals surface area contributed by atoms with Crippen molar-refractivity contribution in [3.63, 3.8) is 0 Å². The maximum absolute atomic E-state index is 14.1. The van der Waals surface area contributed by atoms with Gasteiger partial charge in [-0.05, 0) is 24.1 Å². The zero-order valence-corrected chi connectivity index (χ0v) is 14.4. The van der Waals surface area contributed by atoms with Crippen molar-refractivity contribution in [1.82, 2.24) is 10.2 Å². The van der Waals surface area contributed by atoms with Crippen molar-refractivity contribution in [2.75, 3.05) is 13.1 Å². The van der Waals surface area contributed by atoms with E-state index < -0.39 is 35.4 Å². The van der Waals surface area contributed by atoms with E-state index in [0.29, 0.717) is 10.9 Å². The molecular formula is C16H16BrF3N2O2. The number of rotatable bonds is 3. The van der Waals surface area contributed by atoms with Gasteiger partial charge in [0.25, 0.3) is 0 Å². The summed E-state index contributed by atoms with van der Waals surface area (Å²) in [5.41, 5.74) is -2.58. The first kappa shape index (κ1) is 17.4. The fraction of sp³-hybridized carbons (Fsp3) is 0.500. The van der Waals surface area contributed by atoms with Crippen molar-refractivity contribution >= 4 is 27.7 Å². The number of alkyl halides is 3. The molecular weight excluding hydrogens is 389 g/mol. The fourth-order valence-electron chi connectivity index (χ4n) is 3.74. The number of benzene rings is 1. The minimum atomic E-state index is -4.71. The topological polar surface area (TPSA) is 49.4 Å².